The largest absolute Gasteiger partial charge is 0.497 e. The van der Waals surface area contributed by atoms with Crippen LogP contribution >= 0.6 is 0 Å². The highest BCUT2D eigenvalue weighted by molar-refractivity contribution is 5.74. The number of nitrogens with zero attached hydrogens (tertiary/aromatic N) is 2. The monoisotopic (exact) mass is 476 g/mol. The van der Waals surface area contributed by atoms with Crippen LogP contribution in [0.4, 0.5) is 28.9 Å². The van der Waals surface area contributed by atoms with Gasteiger partial charge in [0.2, 0.25) is 5.82 Å². The van der Waals surface area contributed by atoms with E-state index in [0.29, 0.717) is 5.75 Å². The molecule has 0 radical (unpaired) electrons. The van der Waals surface area contributed by atoms with Gasteiger partial charge in [0.25, 0.3) is 10.9 Å². The fraction of sp³-hybridized carbons (Fsp3) is 0.182. The molecule has 4 rings (SSSR count). The van der Waals surface area contributed by atoms with Crippen LogP contribution in [0.15, 0.2) is 56.6 Å². The third kappa shape index (κ3) is 4.60. The van der Waals surface area contributed by atoms with Gasteiger partial charge >= 0.3 is 12.1 Å². The number of anilines is 2. The number of aromatic nitrogens is 2. The van der Waals surface area contributed by atoms with Gasteiger partial charge in [-0.1, -0.05) is 29.4 Å². The third-order valence-corrected chi connectivity index (χ3v) is 4.97. The number of hydrogen-bond acceptors (Lipinski definition) is 8. The molecular weight excluding hydrogens is 460 g/mol. The normalized spacial score (nSPS) is 11.6. The number of hydrogen-bond donors (Lipinski definition) is 2. The summed E-state index contributed by atoms with van der Waals surface area (Å²) in [6.45, 7) is 0.130. The summed E-state index contributed by atoms with van der Waals surface area (Å²) < 4.78 is 61.5. The Kier molecular flexibility index (Phi) is 6.05. The highest BCUT2D eigenvalue weighted by atomic mass is 19.4. The SMILES string of the molecule is COc1ccc(CNc2c(NCc3ccc(-c4noc(C(F)(F)F)n4)cc3F)c(=O)c2=O)cc1. The van der Waals surface area contributed by atoms with Crippen molar-refractivity contribution in [3.8, 4) is 17.1 Å². The zero-order chi connectivity index (χ0) is 24.5. The number of ether oxygens (including phenoxy) is 1. The Morgan fingerprint density at radius 1 is 0.971 bits per heavy atom. The zero-order valence-corrected chi connectivity index (χ0v) is 17.5. The van der Waals surface area contributed by atoms with Crippen LogP contribution < -0.4 is 26.2 Å². The number of benzene rings is 2. The molecule has 0 atom stereocenters. The first-order valence-corrected chi connectivity index (χ1v) is 9.81. The smallest absolute Gasteiger partial charge is 0.471 e. The van der Waals surface area contributed by atoms with E-state index in [1.54, 1.807) is 31.4 Å². The summed E-state index contributed by atoms with van der Waals surface area (Å²) in [5.41, 5.74) is -0.380. The van der Waals surface area contributed by atoms with Crippen molar-refractivity contribution in [2.75, 3.05) is 17.7 Å². The maximum absolute atomic E-state index is 14.5. The van der Waals surface area contributed by atoms with E-state index >= 15 is 0 Å². The molecule has 0 unspecified atom stereocenters. The van der Waals surface area contributed by atoms with E-state index in [1.807, 2.05) is 0 Å². The minimum absolute atomic E-state index is 0.0172. The molecular formula is C22H16F4N4O4. The number of alkyl halides is 3. The van der Waals surface area contributed by atoms with E-state index in [1.165, 1.54) is 12.1 Å². The Morgan fingerprint density at radius 3 is 2.18 bits per heavy atom. The quantitative estimate of drug-likeness (QED) is 0.293. The topological polar surface area (TPSA) is 106 Å². The predicted octanol–water partition coefficient (Wildman–Crippen LogP) is 3.72. The zero-order valence-electron chi connectivity index (χ0n) is 17.5. The lowest BCUT2D eigenvalue weighted by molar-refractivity contribution is -0.159. The molecule has 2 N–H and O–H groups in total. The van der Waals surface area contributed by atoms with Crippen LogP contribution in [0.1, 0.15) is 17.0 Å². The Balaban J connectivity index is 1.42. The Labute approximate surface area is 188 Å². The van der Waals surface area contributed by atoms with Gasteiger partial charge in [0, 0.05) is 24.2 Å². The van der Waals surface area contributed by atoms with Gasteiger partial charge in [-0.2, -0.15) is 18.2 Å². The van der Waals surface area contributed by atoms with Gasteiger partial charge in [0.1, 0.15) is 22.9 Å². The molecule has 8 nitrogen and oxygen atoms in total. The minimum Gasteiger partial charge on any atom is -0.497 e. The number of halogens is 4. The molecule has 0 aliphatic carbocycles. The molecule has 0 aliphatic heterocycles. The molecule has 34 heavy (non-hydrogen) atoms. The van der Waals surface area contributed by atoms with E-state index < -0.39 is 34.6 Å². The molecule has 176 valence electrons. The van der Waals surface area contributed by atoms with Gasteiger partial charge in [0.15, 0.2) is 0 Å². The molecule has 0 saturated carbocycles. The lowest BCUT2D eigenvalue weighted by Gasteiger charge is -2.15. The van der Waals surface area contributed by atoms with Crippen molar-refractivity contribution in [3.05, 3.63) is 85.7 Å². The van der Waals surface area contributed by atoms with Gasteiger partial charge in [-0.05, 0) is 23.8 Å². The predicted molar refractivity (Wildman–Crippen MR) is 114 cm³/mol. The lowest BCUT2D eigenvalue weighted by atomic mass is 10.1. The van der Waals surface area contributed by atoms with Crippen LogP contribution in [0.3, 0.4) is 0 Å². The fourth-order valence-corrected chi connectivity index (χ4v) is 3.13. The number of methoxy groups -OCH3 is 1. The Morgan fingerprint density at radius 2 is 1.62 bits per heavy atom. The summed E-state index contributed by atoms with van der Waals surface area (Å²) in [5.74, 6) is -2.05. The second kappa shape index (κ2) is 8.96. The van der Waals surface area contributed by atoms with E-state index in [9.17, 15) is 27.2 Å². The van der Waals surface area contributed by atoms with Gasteiger partial charge in [-0.25, -0.2) is 4.39 Å². The van der Waals surface area contributed by atoms with Gasteiger partial charge in [0.05, 0.1) is 7.11 Å². The molecule has 12 heteroatoms. The van der Waals surface area contributed by atoms with Crippen molar-refractivity contribution in [1.29, 1.82) is 0 Å². The standard InChI is InChI=1S/C22H16F4N4O4/c1-33-14-6-2-11(3-7-14)9-27-16-17(19(32)18(16)31)28-10-13-5-4-12(8-15(13)23)20-29-21(34-30-20)22(24,25)26/h2-8,27-28H,9-10H2,1H3. The Hall–Kier alpha value is -4.22. The van der Waals surface area contributed by atoms with Crippen molar-refractivity contribution < 1.29 is 26.8 Å². The highest BCUT2D eigenvalue weighted by Gasteiger charge is 2.38. The molecule has 4 aromatic rings. The molecule has 3 aromatic carbocycles. The maximum atomic E-state index is 14.5. The van der Waals surface area contributed by atoms with Crippen LogP contribution in [0.25, 0.3) is 11.4 Å². The van der Waals surface area contributed by atoms with Crippen molar-refractivity contribution >= 4 is 11.4 Å². The minimum atomic E-state index is -4.81. The molecule has 0 aliphatic rings. The summed E-state index contributed by atoms with van der Waals surface area (Å²) in [6, 6.07) is 10.7. The first kappa shape index (κ1) is 23.0. The summed E-state index contributed by atoms with van der Waals surface area (Å²) in [6.07, 6.45) is -4.81. The average Bonchev–Trinajstić information content (AvgIpc) is 3.33. The highest BCUT2D eigenvalue weighted by Crippen LogP contribution is 2.30. The summed E-state index contributed by atoms with van der Waals surface area (Å²) in [5, 5.41) is 8.84. The number of rotatable bonds is 8. The fourth-order valence-electron chi connectivity index (χ4n) is 3.13. The molecule has 0 amide bonds. The van der Waals surface area contributed by atoms with Crippen LogP contribution in [0.5, 0.6) is 5.75 Å². The summed E-state index contributed by atoms with van der Waals surface area (Å²) in [7, 11) is 1.54. The lowest BCUT2D eigenvalue weighted by Crippen LogP contribution is -2.37. The molecule has 0 fully saturated rings. The maximum Gasteiger partial charge on any atom is 0.471 e. The molecule has 0 spiro atoms. The van der Waals surface area contributed by atoms with Gasteiger partial charge < -0.3 is 19.9 Å². The molecule has 0 bridgehead atoms. The van der Waals surface area contributed by atoms with Gasteiger partial charge in [-0.15, -0.1) is 0 Å². The molecule has 1 aromatic heterocycles. The number of nitrogens with one attached hydrogen (secondary N) is 2. The van der Waals surface area contributed by atoms with Crippen molar-refractivity contribution in [2.45, 2.75) is 19.3 Å². The van der Waals surface area contributed by atoms with Crippen molar-refractivity contribution in [3.63, 3.8) is 0 Å². The van der Waals surface area contributed by atoms with Crippen LogP contribution in [0, 0.1) is 5.82 Å². The van der Waals surface area contributed by atoms with Crippen molar-refractivity contribution in [1.82, 2.24) is 10.1 Å². The van der Waals surface area contributed by atoms with E-state index in [4.69, 9.17) is 4.74 Å². The van der Waals surface area contributed by atoms with E-state index in [0.717, 1.165) is 11.6 Å². The second-order valence-electron chi connectivity index (χ2n) is 7.19. The first-order chi connectivity index (χ1) is 16.2. The van der Waals surface area contributed by atoms with E-state index in [2.05, 4.69) is 25.3 Å². The molecule has 0 saturated heterocycles. The third-order valence-electron chi connectivity index (χ3n) is 4.97. The second-order valence-corrected chi connectivity index (χ2v) is 7.19. The van der Waals surface area contributed by atoms with Gasteiger partial charge in [-0.3, -0.25) is 9.59 Å². The van der Waals surface area contributed by atoms with Crippen LogP contribution in [-0.4, -0.2) is 17.3 Å². The summed E-state index contributed by atoms with van der Waals surface area (Å²) >= 11 is 0. The molecule has 1 heterocycles. The Bertz CT molecular complexity index is 1390. The van der Waals surface area contributed by atoms with Crippen LogP contribution in [-0.2, 0) is 19.3 Å². The first-order valence-electron chi connectivity index (χ1n) is 9.81. The van der Waals surface area contributed by atoms with Crippen LogP contribution in [0.2, 0.25) is 0 Å². The summed E-state index contributed by atoms with van der Waals surface area (Å²) in [4.78, 5) is 27.1. The van der Waals surface area contributed by atoms with Crippen molar-refractivity contribution in [2.24, 2.45) is 0 Å². The van der Waals surface area contributed by atoms with E-state index in [-0.39, 0.29) is 35.6 Å². The average molecular weight is 476 g/mol.